The molecular formula is C14H23N3. The third-order valence-corrected chi connectivity index (χ3v) is 4.36. The van der Waals surface area contributed by atoms with E-state index in [0.717, 1.165) is 19.1 Å². The molecule has 2 saturated carbocycles. The third kappa shape index (κ3) is 2.54. The molecular weight excluding hydrogens is 210 g/mol. The smallest absolute Gasteiger partial charge is 0.0951 e. The van der Waals surface area contributed by atoms with Crippen LogP contribution in [0, 0.1) is 5.41 Å². The highest BCUT2D eigenvalue weighted by Gasteiger charge is 2.28. The molecule has 0 spiro atoms. The van der Waals surface area contributed by atoms with Gasteiger partial charge in [-0.3, -0.25) is 0 Å². The molecule has 0 radical (unpaired) electrons. The lowest BCUT2D eigenvalue weighted by atomic mass is 9.89. The summed E-state index contributed by atoms with van der Waals surface area (Å²) in [5.41, 5.74) is 1.90. The van der Waals surface area contributed by atoms with Gasteiger partial charge in [0.15, 0.2) is 0 Å². The Labute approximate surface area is 104 Å². The highest BCUT2D eigenvalue weighted by molar-refractivity contribution is 5.03. The van der Waals surface area contributed by atoms with Gasteiger partial charge in [-0.25, -0.2) is 4.98 Å². The fourth-order valence-corrected chi connectivity index (χ4v) is 3.05. The van der Waals surface area contributed by atoms with Gasteiger partial charge < -0.3 is 9.88 Å². The SMILES string of the molecule is CC1(CNCc2cncn2C2CC2)CCCC1. The zero-order chi connectivity index (χ0) is 11.7. The van der Waals surface area contributed by atoms with E-state index in [1.165, 1.54) is 44.2 Å². The van der Waals surface area contributed by atoms with Crippen LogP contribution in [0.5, 0.6) is 0 Å². The predicted octanol–water partition coefficient (Wildman–Crippen LogP) is 2.89. The molecule has 0 bridgehead atoms. The first-order chi connectivity index (χ1) is 8.27. The van der Waals surface area contributed by atoms with Crippen LogP contribution in [0.1, 0.15) is 57.2 Å². The Morgan fingerprint density at radius 2 is 2.18 bits per heavy atom. The van der Waals surface area contributed by atoms with Crippen molar-refractivity contribution in [1.29, 1.82) is 0 Å². The molecule has 94 valence electrons. The molecule has 0 saturated heterocycles. The van der Waals surface area contributed by atoms with Crippen LogP contribution >= 0.6 is 0 Å². The number of aromatic nitrogens is 2. The molecule has 17 heavy (non-hydrogen) atoms. The van der Waals surface area contributed by atoms with Crippen molar-refractivity contribution in [1.82, 2.24) is 14.9 Å². The number of hydrogen-bond acceptors (Lipinski definition) is 2. The van der Waals surface area contributed by atoms with Crippen molar-refractivity contribution in [3.05, 3.63) is 18.2 Å². The molecule has 1 aromatic rings. The first-order valence-corrected chi connectivity index (χ1v) is 6.98. The van der Waals surface area contributed by atoms with Crippen molar-refractivity contribution in [2.75, 3.05) is 6.54 Å². The summed E-state index contributed by atoms with van der Waals surface area (Å²) in [4.78, 5) is 4.27. The second-order valence-electron chi connectivity index (χ2n) is 6.14. The van der Waals surface area contributed by atoms with Gasteiger partial charge in [-0.15, -0.1) is 0 Å². The minimum atomic E-state index is 0.546. The summed E-state index contributed by atoms with van der Waals surface area (Å²) < 4.78 is 2.35. The Morgan fingerprint density at radius 1 is 1.41 bits per heavy atom. The van der Waals surface area contributed by atoms with Crippen LogP contribution in [-0.2, 0) is 6.54 Å². The minimum Gasteiger partial charge on any atom is -0.330 e. The highest BCUT2D eigenvalue weighted by Crippen LogP contribution is 2.37. The average Bonchev–Trinajstić information content (AvgIpc) is 2.90. The molecule has 0 atom stereocenters. The summed E-state index contributed by atoms with van der Waals surface area (Å²) in [6.07, 6.45) is 12.3. The number of nitrogens with zero attached hydrogens (tertiary/aromatic N) is 2. The lowest BCUT2D eigenvalue weighted by molar-refractivity contribution is 0.313. The molecule has 3 heteroatoms. The zero-order valence-electron chi connectivity index (χ0n) is 10.8. The maximum Gasteiger partial charge on any atom is 0.0951 e. The minimum absolute atomic E-state index is 0.546. The normalized spacial score (nSPS) is 23.1. The summed E-state index contributed by atoms with van der Waals surface area (Å²) in [5.74, 6) is 0. The van der Waals surface area contributed by atoms with Gasteiger partial charge in [0.25, 0.3) is 0 Å². The molecule has 0 amide bonds. The van der Waals surface area contributed by atoms with E-state index >= 15 is 0 Å². The van der Waals surface area contributed by atoms with Crippen LogP contribution in [0.3, 0.4) is 0 Å². The Morgan fingerprint density at radius 3 is 2.88 bits per heavy atom. The van der Waals surface area contributed by atoms with Gasteiger partial charge in [0, 0.05) is 25.3 Å². The Bertz CT molecular complexity index is 373. The van der Waals surface area contributed by atoms with E-state index < -0.39 is 0 Å². The largest absolute Gasteiger partial charge is 0.330 e. The maximum absolute atomic E-state index is 4.27. The summed E-state index contributed by atoms with van der Waals surface area (Å²) in [6, 6.07) is 0.747. The molecule has 2 fully saturated rings. The van der Waals surface area contributed by atoms with E-state index in [1.54, 1.807) is 0 Å². The van der Waals surface area contributed by atoms with Crippen molar-refractivity contribution in [2.45, 2.75) is 58.0 Å². The van der Waals surface area contributed by atoms with Crippen molar-refractivity contribution < 1.29 is 0 Å². The van der Waals surface area contributed by atoms with Gasteiger partial charge in [-0.1, -0.05) is 19.8 Å². The molecule has 1 N–H and O–H groups in total. The lowest BCUT2D eigenvalue weighted by Gasteiger charge is -2.23. The van der Waals surface area contributed by atoms with Gasteiger partial charge in [-0.2, -0.15) is 0 Å². The predicted molar refractivity (Wildman–Crippen MR) is 68.8 cm³/mol. The third-order valence-electron chi connectivity index (χ3n) is 4.36. The Balaban J connectivity index is 1.51. The Kier molecular flexibility index (Phi) is 2.95. The standard InChI is InChI=1S/C14H23N3/c1-14(6-2-3-7-14)10-15-8-13-9-16-11-17(13)12-4-5-12/h9,11-12,15H,2-8,10H2,1H3. The van der Waals surface area contributed by atoms with Crippen LogP contribution in [0.2, 0.25) is 0 Å². The molecule has 1 aromatic heterocycles. The maximum atomic E-state index is 4.27. The quantitative estimate of drug-likeness (QED) is 0.847. The molecule has 0 aliphatic heterocycles. The molecule has 3 nitrogen and oxygen atoms in total. The molecule has 2 aliphatic rings. The molecule has 3 rings (SSSR count). The van der Waals surface area contributed by atoms with Crippen LogP contribution in [0.4, 0.5) is 0 Å². The van der Waals surface area contributed by atoms with Crippen molar-refractivity contribution in [3.63, 3.8) is 0 Å². The number of rotatable bonds is 5. The van der Waals surface area contributed by atoms with E-state index in [9.17, 15) is 0 Å². The average molecular weight is 233 g/mol. The van der Waals surface area contributed by atoms with Crippen molar-refractivity contribution in [2.24, 2.45) is 5.41 Å². The topological polar surface area (TPSA) is 29.9 Å². The van der Waals surface area contributed by atoms with E-state index in [2.05, 4.69) is 21.8 Å². The van der Waals surface area contributed by atoms with E-state index in [4.69, 9.17) is 0 Å². The van der Waals surface area contributed by atoms with E-state index in [1.807, 2.05) is 12.5 Å². The monoisotopic (exact) mass is 233 g/mol. The van der Waals surface area contributed by atoms with Crippen LogP contribution in [-0.4, -0.2) is 16.1 Å². The Hall–Kier alpha value is -0.830. The highest BCUT2D eigenvalue weighted by atomic mass is 15.1. The summed E-state index contributed by atoms with van der Waals surface area (Å²) in [7, 11) is 0. The van der Waals surface area contributed by atoms with Gasteiger partial charge in [0.2, 0.25) is 0 Å². The van der Waals surface area contributed by atoms with Gasteiger partial charge in [-0.05, 0) is 31.1 Å². The number of imidazole rings is 1. The van der Waals surface area contributed by atoms with E-state index in [0.29, 0.717) is 5.41 Å². The van der Waals surface area contributed by atoms with Crippen molar-refractivity contribution >= 4 is 0 Å². The van der Waals surface area contributed by atoms with E-state index in [-0.39, 0.29) is 0 Å². The van der Waals surface area contributed by atoms with Crippen LogP contribution in [0.25, 0.3) is 0 Å². The summed E-state index contributed by atoms with van der Waals surface area (Å²) in [5, 5.41) is 3.63. The van der Waals surface area contributed by atoms with Gasteiger partial charge in [0.05, 0.1) is 12.0 Å². The second-order valence-corrected chi connectivity index (χ2v) is 6.14. The molecule has 2 aliphatic carbocycles. The summed E-state index contributed by atoms with van der Waals surface area (Å²) >= 11 is 0. The zero-order valence-corrected chi connectivity index (χ0v) is 10.8. The van der Waals surface area contributed by atoms with Gasteiger partial charge in [0.1, 0.15) is 0 Å². The first kappa shape index (κ1) is 11.3. The fourth-order valence-electron chi connectivity index (χ4n) is 3.05. The number of hydrogen-bond donors (Lipinski definition) is 1. The van der Waals surface area contributed by atoms with Crippen molar-refractivity contribution in [3.8, 4) is 0 Å². The summed E-state index contributed by atoms with van der Waals surface area (Å²) in [6.45, 7) is 4.56. The molecule has 1 heterocycles. The lowest BCUT2D eigenvalue weighted by Crippen LogP contribution is -2.29. The first-order valence-electron chi connectivity index (χ1n) is 6.98. The number of nitrogens with one attached hydrogen (secondary N) is 1. The van der Waals surface area contributed by atoms with Crippen LogP contribution < -0.4 is 5.32 Å². The van der Waals surface area contributed by atoms with Crippen LogP contribution in [0.15, 0.2) is 12.5 Å². The fraction of sp³-hybridized carbons (Fsp3) is 0.786. The molecule has 0 unspecified atom stereocenters. The molecule has 0 aromatic carbocycles. The second kappa shape index (κ2) is 4.45. The van der Waals surface area contributed by atoms with Gasteiger partial charge >= 0.3 is 0 Å².